The molecule has 2 rings (SSSR count). The molecule has 8 heteroatoms. The normalized spacial score (nSPS) is 16.0. The molecule has 0 heterocycles. The van der Waals surface area contributed by atoms with Gasteiger partial charge >= 0.3 is 12.0 Å². The molecular weight excluding hydrogens is 322 g/mol. The van der Waals surface area contributed by atoms with Crippen LogP contribution >= 0.6 is 23.2 Å². The Morgan fingerprint density at radius 3 is 2.29 bits per heavy atom. The monoisotopic (exact) mass is 334 g/mol. The van der Waals surface area contributed by atoms with Crippen molar-refractivity contribution in [2.75, 3.05) is 5.32 Å². The minimum atomic E-state index is -0.970. The van der Waals surface area contributed by atoms with Crippen LogP contribution in [0.3, 0.4) is 0 Å². The Balaban J connectivity index is 2.03. The summed E-state index contributed by atoms with van der Waals surface area (Å²) in [6.45, 7) is 0. The predicted molar refractivity (Wildman–Crippen MR) is 77.4 cm³/mol. The van der Waals surface area contributed by atoms with Gasteiger partial charge in [-0.15, -0.1) is 0 Å². The second-order valence-corrected chi connectivity index (χ2v) is 5.85. The van der Waals surface area contributed by atoms with Crippen LogP contribution in [0.15, 0.2) is 12.1 Å². The Kier molecular flexibility index (Phi) is 4.58. The van der Waals surface area contributed by atoms with Crippen LogP contribution in [0.5, 0.6) is 0 Å². The highest BCUT2D eigenvalue weighted by Gasteiger charge is 2.40. The molecule has 0 saturated heterocycles. The molecule has 21 heavy (non-hydrogen) atoms. The van der Waals surface area contributed by atoms with Gasteiger partial charge < -0.3 is 15.7 Å². The van der Waals surface area contributed by atoms with Gasteiger partial charge in [0, 0.05) is 5.69 Å². The largest absolute Gasteiger partial charge is 0.481 e. The van der Waals surface area contributed by atoms with E-state index in [1.165, 1.54) is 12.1 Å². The van der Waals surface area contributed by atoms with E-state index in [1.807, 2.05) is 0 Å². The van der Waals surface area contributed by atoms with E-state index >= 15 is 0 Å². The van der Waals surface area contributed by atoms with Gasteiger partial charge in [-0.2, -0.15) is 0 Å². The summed E-state index contributed by atoms with van der Waals surface area (Å²) < 4.78 is 13.3. The molecule has 0 aliphatic heterocycles. The van der Waals surface area contributed by atoms with Crippen molar-refractivity contribution in [2.24, 2.45) is 0 Å². The number of halogens is 3. The molecule has 0 aromatic heterocycles. The lowest BCUT2D eigenvalue weighted by Crippen LogP contribution is -2.55. The molecule has 0 bridgehead atoms. The Morgan fingerprint density at radius 1 is 1.29 bits per heavy atom. The van der Waals surface area contributed by atoms with Crippen LogP contribution in [0.1, 0.15) is 25.7 Å². The zero-order valence-electron chi connectivity index (χ0n) is 10.9. The maximum Gasteiger partial charge on any atom is 0.319 e. The number of rotatable bonds is 4. The number of hydrogen-bond donors (Lipinski definition) is 3. The number of aliphatic carboxylic acids is 1. The fourth-order valence-corrected chi connectivity index (χ4v) is 2.76. The van der Waals surface area contributed by atoms with E-state index in [1.54, 1.807) is 0 Å². The Hall–Kier alpha value is -1.53. The number of nitrogens with one attached hydrogen (secondary N) is 2. The molecule has 1 aliphatic rings. The molecule has 0 atom stereocenters. The number of hydrogen-bond acceptors (Lipinski definition) is 2. The molecule has 1 aliphatic carbocycles. The fraction of sp³-hybridized carbons (Fsp3) is 0.385. The van der Waals surface area contributed by atoms with Crippen molar-refractivity contribution < 1.29 is 19.1 Å². The third-order valence-corrected chi connectivity index (χ3v) is 3.97. The number of carboxylic acid groups (broad SMARTS) is 1. The SMILES string of the molecule is O=C(O)CC1(NC(=O)Nc2cc(Cl)c(F)c(Cl)c2)CCC1. The molecule has 3 N–H and O–H groups in total. The molecule has 0 radical (unpaired) electrons. The van der Waals surface area contributed by atoms with Gasteiger partial charge in [-0.05, 0) is 31.4 Å². The average Bonchev–Trinajstić information content (AvgIpc) is 2.32. The molecule has 114 valence electrons. The molecular formula is C13H13Cl2FN2O3. The fourth-order valence-electron chi connectivity index (χ4n) is 2.27. The highest BCUT2D eigenvalue weighted by atomic mass is 35.5. The van der Waals surface area contributed by atoms with E-state index in [4.69, 9.17) is 28.3 Å². The van der Waals surface area contributed by atoms with Crippen LogP contribution in [0.2, 0.25) is 10.0 Å². The minimum absolute atomic E-state index is 0.134. The molecule has 0 unspecified atom stereocenters. The lowest BCUT2D eigenvalue weighted by atomic mass is 9.74. The van der Waals surface area contributed by atoms with Crippen LogP contribution in [0.4, 0.5) is 14.9 Å². The highest BCUT2D eigenvalue weighted by molar-refractivity contribution is 6.35. The molecule has 5 nitrogen and oxygen atoms in total. The summed E-state index contributed by atoms with van der Waals surface area (Å²) in [6, 6.07) is 1.88. The number of amides is 2. The van der Waals surface area contributed by atoms with E-state index in [9.17, 15) is 14.0 Å². The van der Waals surface area contributed by atoms with Crippen molar-refractivity contribution in [1.29, 1.82) is 0 Å². The van der Waals surface area contributed by atoms with Gasteiger partial charge in [0.2, 0.25) is 0 Å². The summed E-state index contributed by atoms with van der Waals surface area (Å²) in [6.07, 6.45) is 1.95. The summed E-state index contributed by atoms with van der Waals surface area (Å²) in [5.41, 5.74) is -0.488. The van der Waals surface area contributed by atoms with Crippen LogP contribution < -0.4 is 10.6 Å². The first-order valence-electron chi connectivity index (χ1n) is 6.27. The van der Waals surface area contributed by atoms with Crippen LogP contribution in [-0.2, 0) is 4.79 Å². The maximum atomic E-state index is 13.3. The smallest absolute Gasteiger partial charge is 0.319 e. The van der Waals surface area contributed by atoms with Crippen molar-refractivity contribution >= 4 is 40.9 Å². The molecule has 1 fully saturated rings. The van der Waals surface area contributed by atoms with Gasteiger partial charge in [-0.1, -0.05) is 23.2 Å². The average molecular weight is 335 g/mol. The Labute approximate surface area is 130 Å². The van der Waals surface area contributed by atoms with Gasteiger partial charge in [0.1, 0.15) is 0 Å². The third kappa shape index (κ3) is 3.77. The third-order valence-electron chi connectivity index (χ3n) is 3.42. The Bertz CT molecular complexity index is 568. The zero-order valence-corrected chi connectivity index (χ0v) is 12.4. The van der Waals surface area contributed by atoms with E-state index in [0.717, 1.165) is 6.42 Å². The zero-order chi connectivity index (χ0) is 15.6. The van der Waals surface area contributed by atoms with Gasteiger partial charge in [0.15, 0.2) is 5.82 Å². The van der Waals surface area contributed by atoms with E-state index in [-0.39, 0.29) is 22.2 Å². The van der Waals surface area contributed by atoms with Crippen LogP contribution in [0, 0.1) is 5.82 Å². The van der Waals surface area contributed by atoms with Gasteiger partial charge in [-0.25, -0.2) is 9.18 Å². The van der Waals surface area contributed by atoms with Gasteiger partial charge in [-0.3, -0.25) is 4.79 Å². The Morgan fingerprint density at radius 2 is 1.86 bits per heavy atom. The lowest BCUT2D eigenvalue weighted by Gasteiger charge is -2.41. The summed E-state index contributed by atoms with van der Waals surface area (Å²) in [5.74, 6) is -1.73. The van der Waals surface area contributed by atoms with Crippen LogP contribution in [0.25, 0.3) is 0 Å². The maximum absolute atomic E-state index is 13.3. The molecule has 2 amide bonds. The van der Waals surface area contributed by atoms with Crippen LogP contribution in [-0.4, -0.2) is 22.6 Å². The summed E-state index contributed by atoms with van der Waals surface area (Å²) in [5, 5.41) is 13.6. The highest BCUT2D eigenvalue weighted by Crippen LogP contribution is 2.35. The number of benzene rings is 1. The molecule has 0 spiro atoms. The first-order valence-corrected chi connectivity index (χ1v) is 7.02. The van der Waals surface area contributed by atoms with Crippen molar-refractivity contribution in [3.05, 3.63) is 28.0 Å². The first kappa shape index (κ1) is 15.9. The first-order chi connectivity index (χ1) is 9.81. The minimum Gasteiger partial charge on any atom is -0.481 e. The quantitative estimate of drug-likeness (QED) is 0.735. The standard InChI is InChI=1S/C13H13Cl2FN2O3/c14-8-4-7(5-9(15)11(8)16)17-12(21)18-13(2-1-3-13)6-10(19)20/h4-5H,1-3,6H2,(H,19,20)(H2,17,18,21). The number of carboxylic acids is 1. The summed E-state index contributed by atoms with van der Waals surface area (Å²) in [7, 11) is 0. The van der Waals surface area contributed by atoms with Crippen molar-refractivity contribution in [2.45, 2.75) is 31.2 Å². The molecule has 1 saturated carbocycles. The van der Waals surface area contributed by atoms with E-state index < -0.39 is 23.4 Å². The number of carbonyl (C=O) groups excluding carboxylic acids is 1. The van der Waals surface area contributed by atoms with Crippen molar-refractivity contribution in [3.63, 3.8) is 0 Å². The van der Waals surface area contributed by atoms with Crippen molar-refractivity contribution in [3.8, 4) is 0 Å². The predicted octanol–water partition coefficient (Wildman–Crippen LogP) is 3.65. The molecule has 1 aromatic carbocycles. The number of anilines is 1. The second kappa shape index (κ2) is 6.07. The summed E-state index contributed by atoms with van der Waals surface area (Å²) >= 11 is 11.3. The van der Waals surface area contributed by atoms with Gasteiger partial charge in [0.05, 0.1) is 22.0 Å². The number of urea groups is 1. The summed E-state index contributed by atoms with van der Waals surface area (Å²) in [4.78, 5) is 22.7. The number of carbonyl (C=O) groups is 2. The topological polar surface area (TPSA) is 78.4 Å². The molecule has 1 aromatic rings. The second-order valence-electron chi connectivity index (χ2n) is 5.04. The van der Waals surface area contributed by atoms with E-state index in [2.05, 4.69) is 10.6 Å². The van der Waals surface area contributed by atoms with Gasteiger partial charge in [0.25, 0.3) is 0 Å². The van der Waals surface area contributed by atoms with Crippen molar-refractivity contribution in [1.82, 2.24) is 5.32 Å². The lowest BCUT2D eigenvalue weighted by molar-refractivity contribution is -0.139. The van der Waals surface area contributed by atoms with E-state index in [0.29, 0.717) is 12.8 Å².